The highest BCUT2D eigenvalue weighted by Crippen LogP contribution is 2.37. The summed E-state index contributed by atoms with van der Waals surface area (Å²) in [5.41, 5.74) is 16.8. The van der Waals surface area contributed by atoms with Gasteiger partial charge in [-0.25, -0.2) is 4.57 Å². The highest BCUT2D eigenvalue weighted by molar-refractivity contribution is 7.46. The number of carbonyl (C=O) groups is 4. The van der Waals surface area contributed by atoms with E-state index >= 15 is 0 Å². The smallest absolute Gasteiger partial charge is 0.404 e. The quantitative estimate of drug-likeness (QED) is 0.158. The van der Waals surface area contributed by atoms with Crippen molar-refractivity contribution in [3.05, 3.63) is 29.8 Å². The molecule has 33 heavy (non-hydrogen) atoms. The molecule has 0 aliphatic carbocycles. The standard InChI is InChI=1S/C19H30N5O8P/c1-3-10(2)16(19(28)23-14(17(22)26)9-15(21)25)24-18(27)13(20)8-11-4-6-12(7-5-11)32-33(29,30)31/h4-7,10,13-14,16H,3,8-9,20H2,1-2H3,(H2,21,25)(H2,22,26)(H,23,28)(H,24,27)(H2,29,30,31)/t10-,13-,14-,16-/m0/s1. The van der Waals surface area contributed by atoms with Crippen LogP contribution in [0.1, 0.15) is 32.3 Å². The molecule has 1 rings (SSSR count). The lowest BCUT2D eigenvalue weighted by Crippen LogP contribution is -2.58. The largest absolute Gasteiger partial charge is 0.524 e. The minimum Gasteiger partial charge on any atom is -0.404 e. The average Bonchev–Trinajstić information content (AvgIpc) is 2.70. The summed E-state index contributed by atoms with van der Waals surface area (Å²) in [5.74, 6) is -3.53. The predicted octanol–water partition coefficient (Wildman–Crippen LogP) is -1.60. The average molecular weight is 487 g/mol. The molecule has 0 heterocycles. The van der Waals surface area contributed by atoms with Crippen molar-refractivity contribution < 1.29 is 38.1 Å². The first kappa shape index (κ1) is 28.0. The first-order valence-corrected chi connectivity index (χ1v) is 11.5. The predicted molar refractivity (Wildman–Crippen MR) is 117 cm³/mol. The van der Waals surface area contributed by atoms with Gasteiger partial charge in [-0.3, -0.25) is 29.0 Å². The van der Waals surface area contributed by atoms with Crippen molar-refractivity contribution in [2.75, 3.05) is 0 Å². The van der Waals surface area contributed by atoms with Gasteiger partial charge in [0.05, 0.1) is 12.5 Å². The van der Waals surface area contributed by atoms with E-state index in [4.69, 9.17) is 27.0 Å². The first-order valence-electron chi connectivity index (χ1n) is 10.0. The van der Waals surface area contributed by atoms with Crippen LogP contribution in [0, 0.1) is 5.92 Å². The van der Waals surface area contributed by atoms with Crippen LogP contribution < -0.4 is 32.4 Å². The molecular formula is C19H30N5O8P. The monoisotopic (exact) mass is 487 g/mol. The van der Waals surface area contributed by atoms with E-state index < -0.39 is 56.0 Å². The number of primary amides is 2. The zero-order valence-corrected chi connectivity index (χ0v) is 19.2. The highest BCUT2D eigenvalue weighted by Gasteiger charge is 2.31. The number of benzene rings is 1. The lowest BCUT2D eigenvalue weighted by molar-refractivity contribution is -0.133. The molecule has 1 aromatic rings. The molecule has 0 saturated carbocycles. The van der Waals surface area contributed by atoms with Crippen molar-refractivity contribution in [2.24, 2.45) is 23.1 Å². The molecule has 0 aromatic heterocycles. The van der Waals surface area contributed by atoms with Crippen LogP contribution in [-0.4, -0.2) is 51.5 Å². The summed E-state index contributed by atoms with van der Waals surface area (Å²) in [5, 5.41) is 4.89. The number of phosphoric ester groups is 1. The van der Waals surface area contributed by atoms with Gasteiger partial charge in [0, 0.05) is 0 Å². The van der Waals surface area contributed by atoms with Crippen LogP contribution in [0.25, 0.3) is 0 Å². The normalized spacial score (nSPS) is 14.9. The van der Waals surface area contributed by atoms with Crippen molar-refractivity contribution in [1.82, 2.24) is 10.6 Å². The maximum atomic E-state index is 12.7. The maximum Gasteiger partial charge on any atom is 0.524 e. The zero-order chi connectivity index (χ0) is 25.3. The number of nitrogens with two attached hydrogens (primary N) is 3. The molecule has 0 unspecified atom stereocenters. The Kier molecular flexibility index (Phi) is 10.5. The molecule has 10 N–H and O–H groups in total. The molecule has 0 aliphatic rings. The zero-order valence-electron chi connectivity index (χ0n) is 18.3. The molecule has 0 fully saturated rings. The number of hydrogen-bond acceptors (Lipinski definition) is 7. The number of hydrogen-bond donors (Lipinski definition) is 7. The lowest BCUT2D eigenvalue weighted by atomic mass is 9.96. The third kappa shape index (κ3) is 10.00. The second kappa shape index (κ2) is 12.3. The Labute approximate surface area is 190 Å². The Morgan fingerprint density at radius 2 is 1.64 bits per heavy atom. The van der Waals surface area contributed by atoms with Crippen LogP contribution in [0.15, 0.2) is 24.3 Å². The molecule has 14 heteroatoms. The SMILES string of the molecule is CC[C@H](C)[C@H](NC(=O)[C@@H](N)Cc1ccc(OP(=O)(O)O)cc1)C(=O)N[C@@H](CC(N)=O)C(N)=O. The van der Waals surface area contributed by atoms with E-state index in [0.29, 0.717) is 12.0 Å². The van der Waals surface area contributed by atoms with Gasteiger partial charge in [0.2, 0.25) is 23.6 Å². The third-order valence-corrected chi connectivity index (χ3v) is 5.25. The van der Waals surface area contributed by atoms with Crippen LogP contribution in [0.5, 0.6) is 5.75 Å². The van der Waals surface area contributed by atoms with Crippen molar-refractivity contribution in [3.63, 3.8) is 0 Å². The lowest BCUT2D eigenvalue weighted by Gasteiger charge is -2.26. The van der Waals surface area contributed by atoms with E-state index in [1.54, 1.807) is 13.8 Å². The van der Waals surface area contributed by atoms with E-state index in [1.807, 2.05) is 0 Å². The van der Waals surface area contributed by atoms with Gasteiger partial charge >= 0.3 is 7.82 Å². The summed E-state index contributed by atoms with van der Waals surface area (Å²) in [6, 6.07) is 2.17. The minimum atomic E-state index is -4.69. The van der Waals surface area contributed by atoms with Crippen molar-refractivity contribution in [1.29, 1.82) is 0 Å². The Morgan fingerprint density at radius 3 is 2.09 bits per heavy atom. The second-order valence-electron chi connectivity index (χ2n) is 7.54. The molecule has 1 aromatic carbocycles. The van der Waals surface area contributed by atoms with Gasteiger partial charge in [0.25, 0.3) is 0 Å². The summed E-state index contributed by atoms with van der Waals surface area (Å²) >= 11 is 0. The minimum absolute atomic E-state index is 0.0569. The number of amides is 4. The Morgan fingerprint density at radius 1 is 1.06 bits per heavy atom. The molecule has 0 radical (unpaired) electrons. The van der Waals surface area contributed by atoms with Gasteiger partial charge in [0.1, 0.15) is 17.8 Å². The van der Waals surface area contributed by atoms with Gasteiger partial charge in [0.15, 0.2) is 0 Å². The summed E-state index contributed by atoms with van der Waals surface area (Å²) in [7, 11) is -4.69. The summed E-state index contributed by atoms with van der Waals surface area (Å²) in [6.07, 6.45) is 0.0810. The maximum absolute atomic E-state index is 12.7. The number of nitrogens with one attached hydrogen (secondary N) is 2. The summed E-state index contributed by atoms with van der Waals surface area (Å²) < 4.78 is 15.3. The summed E-state index contributed by atoms with van der Waals surface area (Å²) in [4.78, 5) is 65.6. The van der Waals surface area contributed by atoms with Crippen molar-refractivity contribution in [3.8, 4) is 5.75 Å². The fraction of sp³-hybridized carbons (Fsp3) is 0.474. The Hall–Kier alpha value is -2.99. The van der Waals surface area contributed by atoms with Crippen molar-refractivity contribution in [2.45, 2.75) is 51.2 Å². The second-order valence-corrected chi connectivity index (χ2v) is 8.71. The van der Waals surface area contributed by atoms with E-state index in [-0.39, 0.29) is 18.1 Å². The van der Waals surface area contributed by atoms with E-state index in [9.17, 15) is 23.7 Å². The molecule has 13 nitrogen and oxygen atoms in total. The topological polar surface area (TPSA) is 237 Å². The van der Waals surface area contributed by atoms with Gasteiger partial charge < -0.3 is 32.4 Å². The van der Waals surface area contributed by atoms with E-state index in [1.165, 1.54) is 24.3 Å². The highest BCUT2D eigenvalue weighted by atomic mass is 31.2. The molecule has 0 bridgehead atoms. The molecular weight excluding hydrogens is 457 g/mol. The molecule has 0 saturated heterocycles. The Balaban J connectivity index is 2.84. The van der Waals surface area contributed by atoms with Gasteiger partial charge in [-0.05, 0) is 30.0 Å². The number of carbonyl (C=O) groups excluding carboxylic acids is 4. The Bertz CT molecular complexity index is 904. The fourth-order valence-electron chi connectivity index (χ4n) is 2.82. The molecule has 4 amide bonds. The number of phosphoric acid groups is 1. The van der Waals surface area contributed by atoms with Crippen LogP contribution in [0.3, 0.4) is 0 Å². The molecule has 184 valence electrons. The molecule has 4 atom stereocenters. The fourth-order valence-corrected chi connectivity index (χ4v) is 3.21. The van der Waals surface area contributed by atoms with Crippen molar-refractivity contribution >= 4 is 31.5 Å². The van der Waals surface area contributed by atoms with Gasteiger partial charge in [-0.1, -0.05) is 32.4 Å². The van der Waals surface area contributed by atoms with Gasteiger partial charge in [-0.15, -0.1) is 0 Å². The first-order chi connectivity index (χ1) is 15.2. The molecule has 0 aliphatic heterocycles. The summed E-state index contributed by atoms with van der Waals surface area (Å²) in [6.45, 7) is 3.51. The van der Waals surface area contributed by atoms with E-state index in [2.05, 4.69) is 15.2 Å². The van der Waals surface area contributed by atoms with Crippen LogP contribution in [-0.2, 0) is 30.2 Å². The van der Waals surface area contributed by atoms with Crippen LogP contribution in [0.2, 0.25) is 0 Å². The number of rotatable bonds is 13. The van der Waals surface area contributed by atoms with Gasteiger partial charge in [-0.2, -0.15) is 0 Å². The third-order valence-electron chi connectivity index (χ3n) is 4.80. The van der Waals surface area contributed by atoms with Crippen LogP contribution in [0.4, 0.5) is 0 Å². The van der Waals surface area contributed by atoms with E-state index in [0.717, 1.165) is 0 Å². The molecule has 0 spiro atoms. The van der Waals surface area contributed by atoms with Crippen LogP contribution >= 0.6 is 7.82 Å².